The van der Waals surface area contributed by atoms with E-state index in [0.717, 1.165) is 17.8 Å². The normalized spacial score (nSPS) is 18.8. The van der Waals surface area contributed by atoms with Gasteiger partial charge in [-0.1, -0.05) is 11.6 Å². The highest BCUT2D eigenvalue weighted by Crippen LogP contribution is 2.39. The number of aromatic nitrogens is 1. The number of hydrogen-bond acceptors (Lipinski definition) is 5. The van der Waals surface area contributed by atoms with Crippen LogP contribution in [0.3, 0.4) is 0 Å². The van der Waals surface area contributed by atoms with Gasteiger partial charge in [0.2, 0.25) is 0 Å². The minimum absolute atomic E-state index is 0.000532. The van der Waals surface area contributed by atoms with E-state index in [4.69, 9.17) is 16.3 Å². The number of halogens is 5. The molecule has 1 N–H and O–H groups in total. The van der Waals surface area contributed by atoms with E-state index in [2.05, 4.69) is 9.88 Å². The fourth-order valence-corrected chi connectivity index (χ4v) is 6.49. The minimum Gasteiger partial charge on any atom is -0.497 e. The highest BCUT2D eigenvalue weighted by atomic mass is 35.5. The molecule has 1 saturated heterocycles. The Kier molecular flexibility index (Phi) is 9.96. The van der Waals surface area contributed by atoms with Crippen LogP contribution in [-0.4, -0.2) is 53.5 Å². The van der Waals surface area contributed by atoms with Gasteiger partial charge in [-0.3, -0.25) is 9.78 Å². The van der Waals surface area contributed by atoms with Crippen molar-refractivity contribution in [1.82, 2.24) is 9.88 Å². The number of thioether (sulfide) groups is 1. The molecule has 0 saturated carbocycles. The molecule has 0 bridgehead atoms. The van der Waals surface area contributed by atoms with Crippen LogP contribution in [0.4, 0.5) is 17.6 Å². The third-order valence-electron chi connectivity index (χ3n) is 7.21. The number of methoxy groups -OCH3 is 1. The van der Waals surface area contributed by atoms with Crippen molar-refractivity contribution >= 4 is 40.2 Å². The lowest BCUT2D eigenvalue weighted by molar-refractivity contribution is -0.139. The SMILES string of the molecule is COc1ccc2ncc(Cl)c(C(F)CCC3CCN(CCSc4cc(F)cc(F)c4F)CC3CC(=O)O)c2c1. The number of piperidine rings is 1. The third-order valence-corrected chi connectivity index (χ3v) is 8.51. The summed E-state index contributed by atoms with van der Waals surface area (Å²) in [4.78, 5) is 17.8. The van der Waals surface area contributed by atoms with Gasteiger partial charge in [0.25, 0.3) is 0 Å². The molecule has 210 valence electrons. The number of benzene rings is 2. The molecule has 1 fully saturated rings. The highest BCUT2D eigenvalue weighted by Gasteiger charge is 2.32. The number of likely N-dealkylation sites (tertiary alicyclic amines) is 1. The van der Waals surface area contributed by atoms with Gasteiger partial charge in [-0.05, 0) is 61.9 Å². The molecular formula is C28H29ClF4N2O3S. The van der Waals surface area contributed by atoms with Crippen molar-refractivity contribution in [2.45, 2.75) is 36.8 Å². The number of carboxylic acids is 1. The van der Waals surface area contributed by atoms with Gasteiger partial charge in [-0.2, -0.15) is 0 Å². The Morgan fingerprint density at radius 2 is 2.05 bits per heavy atom. The first kappa shape index (κ1) is 29.4. The van der Waals surface area contributed by atoms with Crippen LogP contribution >= 0.6 is 23.4 Å². The lowest BCUT2D eigenvalue weighted by Crippen LogP contribution is -2.42. The zero-order chi connectivity index (χ0) is 28.1. The molecule has 2 aromatic carbocycles. The molecule has 3 aromatic rings. The summed E-state index contributed by atoms with van der Waals surface area (Å²) in [5, 5.41) is 10.3. The summed E-state index contributed by atoms with van der Waals surface area (Å²) >= 11 is 7.37. The monoisotopic (exact) mass is 584 g/mol. The van der Waals surface area contributed by atoms with Crippen molar-refractivity contribution in [2.24, 2.45) is 11.8 Å². The molecule has 0 amide bonds. The Morgan fingerprint density at radius 3 is 2.79 bits per heavy atom. The molecule has 3 atom stereocenters. The van der Waals surface area contributed by atoms with Gasteiger partial charge >= 0.3 is 5.97 Å². The number of hydrogen-bond donors (Lipinski definition) is 1. The molecule has 3 unspecified atom stereocenters. The number of ether oxygens (including phenoxy) is 1. The Morgan fingerprint density at radius 1 is 1.26 bits per heavy atom. The summed E-state index contributed by atoms with van der Waals surface area (Å²) in [5.74, 6) is -3.32. The number of fused-ring (bicyclic) bond motifs is 1. The van der Waals surface area contributed by atoms with Crippen LogP contribution in [0.2, 0.25) is 5.02 Å². The van der Waals surface area contributed by atoms with Crippen molar-refractivity contribution in [3.63, 3.8) is 0 Å². The zero-order valence-electron chi connectivity index (χ0n) is 21.3. The number of nitrogens with zero attached hydrogens (tertiary/aromatic N) is 2. The number of aliphatic carboxylic acids is 1. The molecule has 5 nitrogen and oxygen atoms in total. The largest absolute Gasteiger partial charge is 0.497 e. The molecule has 1 aromatic heterocycles. The second kappa shape index (κ2) is 13.2. The molecule has 0 aliphatic carbocycles. The lowest BCUT2D eigenvalue weighted by Gasteiger charge is -2.38. The third kappa shape index (κ3) is 7.35. The van der Waals surface area contributed by atoms with Gasteiger partial charge in [0.05, 0.1) is 17.6 Å². The summed E-state index contributed by atoms with van der Waals surface area (Å²) in [5.41, 5.74) is 0.958. The number of carbonyl (C=O) groups is 1. The van der Waals surface area contributed by atoms with E-state index < -0.39 is 29.6 Å². The first-order chi connectivity index (χ1) is 18.7. The minimum atomic E-state index is -1.36. The van der Waals surface area contributed by atoms with Crippen LogP contribution in [-0.2, 0) is 4.79 Å². The predicted molar refractivity (Wildman–Crippen MR) is 144 cm³/mol. The molecule has 1 aliphatic rings. The smallest absolute Gasteiger partial charge is 0.303 e. The summed E-state index contributed by atoms with van der Waals surface area (Å²) < 4.78 is 61.8. The fourth-order valence-electron chi connectivity index (χ4n) is 5.23. The fraction of sp³-hybridized carbons (Fsp3) is 0.429. The van der Waals surface area contributed by atoms with E-state index in [1.54, 1.807) is 18.2 Å². The second-order valence-electron chi connectivity index (χ2n) is 9.70. The van der Waals surface area contributed by atoms with Gasteiger partial charge < -0.3 is 14.7 Å². The van der Waals surface area contributed by atoms with E-state index >= 15 is 4.39 Å². The van der Waals surface area contributed by atoms with E-state index in [1.165, 1.54) is 13.3 Å². The standard InChI is InChI=1S/C28H29ClF4N2O3S/c1-38-19-3-5-24-20(13-19)27(21(29)14-34-24)22(31)4-2-16-6-7-35(15-17(16)10-26(36)37)8-9-39-25-12-18(30)11-23(32)28(25)33/h3,5,11-14,16-17,22H,2,4,6-10,15H2,1H3,(H,36,37). The van der Waals surface area contributed by atoms with Crippen LogP contribution in [0.1, 0.15) is 37.4 Å². The maximum absolute atomic E-state index is 15.6. The van der Waals surface area contributed by atoms with Crippen LogP contribution in [0.25, 0.3) is 10.9 Å². The van der Waals surface area contributed by atoms with E-state index in [1.807, 2.05) is 0 Å². The van der Waals surface area contributed by atoms with Crippen molar-refractivity contribution < 1.29 is 32.2 Å². The number of carboxylic acid groups (broad SMARTS) is 1. The molecule has 1 aliphatic heterocycles. The average Bonchev–Trinajstić information content (AvgIpc) is 2.90. The maximum atomic E-state index is 15.6. The zero-order valence-corrected chi connectivity index (χ0v) is 22.9. The average molecular weight is 585 g/mol. The highest BCUT2D eigenvalue weighted by molar-refractivity contribution is 7.99. The van der Waals surface area contributed by atoms with Crippen LogP contribution in [0, 0.1) is 29.3 Å². The summed E-state index contributed by atoms with van der Waals surface area (Å²) in [7, 11) is 1.53. The summed E-state index contributed by atoms with van der Waals surface area (Å²) in [6.45, 7) is 1.65. The van der Waals surface area contributed by atoms with Gasteiger partial charge in [0.1, 0.15) is 17.7 Å². The molecular weight excluding hydrogens is 556 g/mol. The Balaban J connectivity index is 1.38. The molecule has 4 rings (SSSR count). The van der Waals surface area contributed by atoms with Gasteiger partial charge in [-0.25, -0.2) is 17.6 Å². The molecule has 0 spiro atoms. The van der Waals surface area contributed by atoms with Crippen LogP contribution in [0.15, 0.2) is 41.4 Å². The summed E-state index contributed by atoms with van der Waals surface area (Å²) in [6.07, 6.45) is 1.36. The Hall–Kier alpha value is -2.56. The molecule has 0 radical (unpaired) electrons. The number of alkyl halides is 1. The summed E-state index contributed by atoms with van der Waals surface area (Å²) in [6, 6.07) is 6.67. The Labute approximate surface area is 233 Å². The lowest BCUT2D eigenvalue weighted by atomic mass is 9.79. The van der Waals surface area contributed by atoms with Crippen molar-refractivity contribution in [3.05, 3.63) is 64.6 Å². The van der Waals surface area contributed by atoms with Crippen LogP contribution in [0.5, 0.6) is 5.75 Å². The molecule has 2 heterocycles. The topological polar surface area (TPSA) is 62.7 Å². The van der Waals surface area contributed by atoms with E-state index in [9.17, 15) is 23.1 Å². The predicted octanol–water partition coefficient (Wildman–Crippen LogP) is 7.31. The van der Waals surface area contributed by atoms with Gasteiger partial charge in [0, 0.05) is 53.4 Å². The maximum Gasteiger partial charge on any atom is 0.303 e. The van der Waals surface area contributed by atoms with Crippen molar-refractivity contribution in [3.8, 4) is 5.75 Å². The van der Waals surface area contributed by atoms with Crippen LogP contribution < -0.4 is 4.74 Å². The first-order valence-corrected chi connectivity index (χ1v) is 14.0. The van der Waals surface area contributed by atoms with Crippen molar-refractivity contribution in [2.75, 3.05) is 32.5 Å². The number of pyridine rings is 1. The Bertz CT molecular complexity index is 1330. The van der Waals surface area contributed by atoms with E-state index in [-0.39, 0.29) is 34.6 Å². The quantitative estimate of drug-likeness (QED) is 0.145. The second-order valence-corrected chi connectivity index (χ2v) is 11.2. The first-order valence-electron chi connectivity index (χ1n) is 12.6. The number of rotatable bonds is 11. The molecule has 11 heteroatoms. The van der Waals surface area contributed by atoms with E-state index in [0.29, 0.717) is 66.5 Å². The molecule has 39 heavy (non-hydrogen) atoms. The van der Waals surface area contributed by atoms with Crippen molar-refractivity contribution in [1.29, 1.82) is 0 Å². The van der Waals surface area contributed by atoms with Gasteiger partial charge in [-0.15, -0.1) is 11.8 Å². The van der Waals surface area contributed by atoms with Gasteiger partial charge in [0.15, 0.2) is 11.6 Å².